The standard InChI is InChI=1S/C17H27O4/c1-3-5-7-14(4-2)11-20-12-16(19)13-21-17-9-6-8-15(18)10-17/h6,9-10,14,16,18-19H,3-5,7,11-13H2,1-2H3. The van der Waals surface area contributed by atoms with Crippen LogP contribution in [0.1, 0.15) is 39.5 Å². The van der Waals surface area contributed by atoms with Crippen molar-refractivity contribution in [1.82, 2.24) is 0 Å². The molecule has 119 valence electrons. The Morgan fingerprint density at radius 2 is 2.05 bits per heavy atom. The molecule has 0 heterocycles. The Balaban J connectivity index is 2.17. The lowest BCUT2D eigenvalue weighted by molar-refractivity contribution is -0.00112. The number of rotatable bonds is 11. The lowest BCUT2D eigenvalue weighted by Gasteiger charge is -2.17. The zero-order valence-corrected chi connectivity index (χ0v) is 13.0. The van der Waals surface area contributed by atoms with Gasteiger partial charge in [-0.2, -0.15) is 0 Å². The van der Waals surface area contributed by atoms with Crippen LogP contribution in [0.15, 0.2) is 18.2 Å². The van der Waals surface area contributed by atoms with Gasteiger partial charge < -0.3 is 19.7 Å². The molecule has 2 N–H and O–H groups in total. The molecule has 0 fully saturated rings. The molecule has 0 bridgehead atoms. The van der Waals surface area contributed by atoms with Crippen LogP contribution in [0, 0.1) is 12.0 Å². The maximum Gasteiger partial charge on any atom is 0.127 e. The number of unbranched alkanes of at least 4 members (excludes halogenated alkanes) is 1. The minimum atomic E-state index is -0.667. The largest absolute Gasteiger partial charge is 0.507 e. The van der Waals surface area contributed by atoms with Gasteiger partial charge in [0.25, 0.3) is 0 Å². The lowest BCUT2D eigenvalue weighted by Crippen LogP contribution is -2.25. The third-order valence-electron chi connectivity index (χ3n) is 3.41. The summed E-state index contributed by atoms with van der Waals surface area (Å²) in [5.74, 6) is 1.11. The molecular formula is C17H27O4. The molecule has 0 aliphatic rings. The second-order valence-corrected chi connectivity index (χ2v) is 5.33. The van der Waals surface area contributed by atoms with Gasteiger partial charge in [-0.15, -0.1) is 0 Å². The third-order valence-corrected chi connectivity index (χ3v) is 3.41. The highest BCUT2D eigenvalue weighted by molar-refractivity contribution is 5.30. The van der Waals surface area contributed by atoms with Crippen LogP contribution in [0.25, 0.3) is 0 Å². The van der Waals surface area contributed by atoms with Crippen molar-refractivity contribution in [3.63, 3.8) is 0 Å². The molecule has 21 heavy (non-hydrogen) atoms. The number of hydrogen-bond acceptors (Lipinski definition) is 4. The van der Waals surface area contributed by atoms with Crippen molar-refractivity contribution in [1.29, 1.82) is 0 Å². The quantitative estimate of drug-likeness (QED) is 0.658. The maximum absolute atomic E-state index is 9.82. The van der Waals surface area contributed by atoms with Gasteiger partial charge in [0, 0.05) is 18.7 Å². The van der Waals surface area contributed by atoms with Crippen molar-refractivity contribution in [2.75, 3.05) is 19.8 Å². The summed E-state index contributed by atoms with van der Waals surface area (Å²) in [5.41, 5.74) is 0. The monoisotopic (exact) mass is 295 g/mol. The van der Waals surface area contributed by atoms with Crippen LogP contribution in [0.5, 0.6) is 11.5 Å². The Kier molecular flexibility index (Phi) is 8.87. The van der Waals surface area contributed by atoms with Gasteiger partial charge in [0.2, 0.25) is 0 Å². The fourth-order valence-corrected chi connectivity index (χ4v) is 2.03. The number of phenolic OH excluding ortho intramolecular Hbond substituents is 1. The number of hydrogen-bond donors (Lipinski definition) is 2. The maximum atomic E-state index is 9.82. The van der Waals surface area contributed by atoms with Gasteiger partial charge >= 0.3 is 0 Å². The van der Waals surface area contributed by atoms with E-state index in [4.69, 9.17) is 9.47 Å². The molecule has 4 nitrogen and oxygen atoms in total. The van der Waals surface area contributed by atoms with Crippen molar-refractivity contribution in [2.24, 2.45) is 5.92 Å². The highest BCUT2D eigenvalue weighted by Crippen LogP contribution is 2.17. The summed E-state index contributed by atoms with van der Waals surface area (Å²) in [6.07, 6.45) is 4.04. The number of aromatic hydroxyl groups is 1. The Morgan fingerprint density at radius 3 is 2.71 bits per heavy atom. The second-order valence-electron chi connectivity index (χ2n) is 5.33. The lowest BCUT2D eigenvalue weighted by atomic mass is 10.0. The average molecular weight is 295 g/mol. The molecule has 0 amide bonds. The highest BCUT2D eigenvalue weighted by Gasteiger charge is 2.10. The summed E-state index contributed by atoms with van der Waals surface area (Å²) in [6, 6.07) is 7.34. The SMILES string of the molecule is CCCCC(CC)COCC(O)COc1cc[c]c(O)c1. The molecule has 2 unspecified atom stereocenters. The van der Waals surface area contributed by atoms with E-state index in [9.17, 15) is 10.2 Å². The molecule has 0 aliphatic heterocycles. The molecule has 1 aromatic carbocycles. The minimum Gasteiger partial charge on any atom is -0.507 e. The van der Waals surface area contributed by atoms with Crippen LogP contribution in [0.2, 0.25) is 0 Å². The van der Waals surface area contributed by atoms with Gasteiger partial charge in [0.1, 0.15) is 24.2 Å². The minimum absolute atomic E-state index is 0.0277. The van der Waals surface area contributed by atoms with Crippen molar-refractivity contribution >= 4 is 0 Å². The summed E-state index contributed by atoms with van der Waals surface area (Å²) >= 11 is 0. The Morgan fingerprint density at radius 1 is 1.24 bits per heavy atom. The summed E-state index contributed by atoms with van der Waals surface area (Å²) in [7, 11) is 0. The molecule has 1 rings (SSSR count). The Hall–Kier alpha value is -1.26. The average Bonchev–Trinajstić information content (AvgIpc) is 2.48. The van der Waals surface area contributed by atoms with E-state index in [0.29, 0.717) is 18.3 Å². The topological polar surface area (TPSA) is 58.9 Å². The predicted molar refractivity (Wildman–Crippen MR) is 82.6 cm³/mol. The first kappa shape index (κ1) is 17.8. The van der Waals surface area contributed by atoms with Crippen LogP contribution in [0.4, 0.5) is 0 Å². The molecule has 2 atom stereocenters. The van der Waals surface area contributed by atoms with Crippen LogP contribution < -0.4 is 4.74 Å². The van der Waals surface area contributed by atoms with Crippen LogP contribution in [0.3, 0.4) is 0 Å². The number of benzene rings is 1. The van der Waals surface area contributed by atoms with Crippen molar-refractivity contribution in [3.05, 3.63) is 24.3 Å². The van der Waals surface area contributed by atoms with E-state index in [1.165, 1.54) is 25.3 Å². The van der Waals surface area contributed by atoms with E-state index in [-0.39, 0.29) is 19.0 Å². The molecule has 4 heteroatoms. The van der Waals surface area contributed by atoms with Crippen molar-refractivity contribution in [3.8, 4) is 11.5 Å². The predicted octanol–water partition coefficient (Wildman–Crippen LogP) is 3.17. The van der Waals surface area contributed by atoms with Gasteiger partial charge in [-0.3, -0.25) is 0 Å². The zero-order valence-electron chi connectivity index (χ0n) is 13.0. The molecule has 1 aromatic rings. The van der Waals surface area contributed by atoms with Gasteiger partial charge in [-0.05, 0) is 24.5 Å². The first-order chi connectivity index (χ1) is 10.2. The fourth-order valence-electron chi connectivity index (χ4n) is 2.03. The van der Waals surface area contributed by atoms with Crippen LogP contribution >= 0.6 is 0 Å². The smallest absolute Gasteiger partial charge is 0.127 e. The molecule has 0 aliphatic carbocycles. The summed E-state index contributed by atoms with van der Waals surface area (Å²) in [5, 5.41) is 19.1. The van der Waals surface area contributed by atoms with Gasteiger partial charge in [0.15, 0.2) is 0 Å². The van der Waals surface area contributed by atoms with E-state index in [1.54, 1.807) is 12.1 Å². The fraction of sp³-hybridized carbons (Fsp3) is 0.647. The molecule has 0 spiro atoms. The molecule has 0 aromatic heterocycles. The normalized spacial score (nSPS) is 13.9. The van der Waals surface area contributed by atoms with E-state index in [0.717, 1.165) is 6.42 Å². The van der Waals surface area contributed by atoms with Gasteiger partial charge in [0.05, 0.1) is 6.61 Å². The molecule has 1 radical (unpaired) electrons. The number of aliphatic hydroxyl groups is 1. The molecular weight excluding hydrogens is 268 g/mol. The van der Waals surface area contributed by atoms with Crippen molar-refractivity contribution in [2.45, 2.75) is 45.6 Å². The van der Waals surface area contributed by atoms with E-state index >= 15 is 0 Å². The van der Waals surface area contributed by atoms with Gasteiger partial charge in [-0.1, -0.05) is 33.1 Å². The summed E-state index contributed by atoms with van der Waals surface area (Å²) < 4.78 is 11.0. The van der Waals surface area contributed by atoms with E-state index in [2.05, 4.69) is 19.9 Å². The summed E-state index contributed by atoms with van der Waals surface area (Å²) in [6.45, 7) is 5.47. The number of ether oxygens (including phenoxy) is 2. The van der Waals surface area contributed by atoms with E-state index in [1.807, 2.05) is 0 Å². The zero-order chi connectivity index (χ0) is 15.5. The van der Waals surface area contributed by atoms with Crippen molar-refractivity contribution < 1.29 is 19.7 Å². The first-order valence-corrected chi connectivity index (χ1v) is 7.75. The molecule has 0 saturated heterocycles. The Bertz CT molecular complexity index is 381. The number of phenols is 1. The third kappa shape index (κ3) is 7.93. The summed E-state index contributed by atoms with van der Waals surface area (Å²) in [4.78, 5) is 0. The highest BCUT2D eigenvalue weighted by atomic mass is 16.5. The Labute approximate surface area is 127 Å². The number of aliphatic hydroxyl groups excluding tert-OH is 1. The molecule has 0 saturated carbocycles. The van der Waals surface area contributed by atoms with Crippen LogP contribution in [-0.2, 0) is 4.74 Å². The first-order valence-electron chi connectivity index (χ1n) is 7.75. The van der Waals surface area contributed by atoms with Crippen LogP contribution in [-0.4, -0.2) is 36.1 Å². The van der Waals surface area contributed by atoms with E-state index < -0.39 is 6.10 Å². The second kappa shape index (κ2) is 10.5. The van der Waals surface area contributed by atoms with Gasteiger partial charge in [-0.25, -0.2) is 0 Å².